The van der Waals surface area contributed by atoms with Crippen molar-refractivity contribution in [3.05, 3.63) is 35.4 Å². The predicted molar refractivity (Wildman–Crippen MR) is 84.3 cm³/mol. The maximum Gasteiger partial charge on any atom is 0.0947 e. The monoisotopic (exact) mass is 286 g/mol. The first-order valence-electron chi connectivity index (χ1n) is 8.57. The molecule has 3 aliphatic rings. The van der Waals surface area contributed by atoms with E-state index in [9.17, 15) is 5.11 Å². The van der Waals surface area contributed by atoms with Gasteiger partial charge in [0.05, 0.1) is 6.10 Å². The maximum atomic E-state index is 10.9. The van der Waals surface area contributed by atoms with E-state index in [0.717, 1.165) is 32.0 Å². The molecule has 1 aromatic carbocycles. The van der Waals surface area contributed by atoms with Gasteiger partial charge in [-0.25, -0.2) is 0 Å². The van der Waals surface area contributed by atoms with Crippen LogP contribution in [-0.4, -0.2) is 53.2 Å². The Hall–Kier alpha value is -0.900. The second-order valence-corrected chi connectivity index (χ2v) is 6.93. The molecule has 0 radical (unpaired) electrons. The van der Waals surface area contributed by atoms with Crippen LogP contribution in [0.3, 0.4) is 0 Å². The molecule has 3 atom stereocenters. The summed E-state index contributed by atoms with van der Waals surface area (Å²) in [5, 5.41) is 10.9. The van der Waals surface area contributed by atoms with Crippen LogP contribution in [0.1, 0.15) is 42.9 Å². The molecular formula is C18H26N2O. The van der Waals surface area contributed by atoms with E-state index in [1.165, 1.54) is 43.5 Å². The molecule has 2 saturated heterocycles. The SMILES string of the molecule is OC1c2ccccc2CCCC1N1CCN2CCCC2C1. The second kappa shape index (κ2) is 5.71. The van der Waals surface area contributed by atoms with E-state index in [0.29, 0.717) is 6.04 Å². The van der Waals surface area contributed by atoms with Crippen LogP contribution >= 0.6 is 0 Å². The Morgan fingerprint density at radius 1 is 0.952 bits per heavy atom. The number of benzene rings is 1. The van der Waals surface area contributed by atoms with Crippen LogP contribution in [0.25, 0.3) is 0 Å². The van der Waals surface area contributed by atoms with Crippen molar-refractivity contribution in [1.29, 1.82) is 0 Å². The van der Waals surface area contributed by atoms with E-state index in [2.05, 4.69) is 34.1 Å². The summed E-state index contributed by atoms with van der Waals surface area (Å²) in [6.45, 7) is 4.76. The van der Waals surface area contributed by atoms with Crippen LogP contribution in [-0.2, 0) is 6.42 Å². The summed E-state index contributed by atoms with van der Waals surface area (Å²) in [5.74, 6) is 0. The molecule has 0 amide bonds. The van der Waals surface area contributed by atoms with Gasteiger partial charge in [0, 0.05) is 31.7 Å². The van der Waals surface area contributed by atoms with E-state index in [1.807, 2.05) is 0 Å². The summed E-state index contributed by atoms with van der Waals surface area (Å²) in [5.41, 5.74) is 2.53. The highest BCUT2D eigenvalue weighted by atomic mass is 16.3. The lowest BCUT2D eigenvalue weighted by Crippen LogP contribution is -2.54. The smallest absolute Gasteiger partial charge is 0.0947 e. The van der Waals surface area contributed by atoms with Crippen molar-refractivity contribution in [3.63, 3.8) is 0 Å². The number of nitrogens with zero attached hydrogens (tertiary/aromatic N) is 2. The lowest BCUT2D eigenvalue weighted by atomic mass is 9.96. The Balaban J connectivity index is 1.55. The Morgan fingerprint density at radius 3 is 2.76 bits per heavy atom. The van der Waals surface area contributed by atoms with E-state index in [-0.39, 0.29) is 6.10 Å². The van der Waals surface area contributed by atoms with Crippen LogP contribution in [0.2, 0.25) is 0 Å². The molecule has 1 aromatic rings. The first kappa shape index (κ1) is 13.7. The van der Waals surface area contributed by atoms with Crippen LogP contribution in [0.4, 0.5) is 0 Å². The number of piperazine rings is 1. The minimum Gasteiger partial charge on any atom is -0.387 e. The van der Waals surface area contributed by atoms with Crippen molar-refractivity contribution in [2.45, 2.75) is 50.3 Å². The third kappa shape index (κ3) is 2.52. The Bertz CT molecular complexity index is 504. The molecule has 3 heteroatoms. The van der Waals surface area contributed by atoms with Gasteiger partial charge >= 0.3 is 0 Å². The number of aryl methyl sites for hydroxylation is 1. The maximum absolute atomic E-state index is 10.9. The topological polar surface area (TPSA) is 26.7 Å². The number of hydrogen-bond donors (Lipinski definition) is 1. The number of rotatable bonds is 1. The minimum atomic E-state index is -0.309. The number of hydrogen-bond acceptors (Lipinski definition) is 3. The fraction of sp³-hybridized carbons (Fsp3) is 0.667. The molecule has 1 N–H and O–H groups in total. The minimum absolute atomic E-state index is 0.309. The Morgan fingerprint density at radius 2 is 1.81 bits per heavy atom. The highest BCUT2D eigenvalue weighted by molar-refractivity contribution is 5.31. The van der Waals surface area contributed by atoms with E-state index in [4.69, 9.17) is 0 Å². The van der Waals surface area contributed by atoms with E-state index in [1.54, 1.807) is 0 Å². The highest BCUT2D eigenvalue weighted by Crippen LogP contribution is 2.34. The molecular weight excluding hydrogens is 260 g/mol. The fourth-order valence-corrected chi connectivity index (χ4v) is 4.62. The van der Waals surface area contributed by atoms with E-state index < -0.39 is 0 Å². The van der Waals surface area contributed by atoms with Crippen molar-refractivity contribution in [3.8, 4) is 0 Å². The zero-order valence-electron chi connectivity index (χ0n) is 12.7. The standard InChI is InChI=1S/C18H26N2O/c21-18-16-8-2-1-5-14(16)6-3-9-17(18)20-12-11-19-10-4-7-15(19)13-20/h1-2,5,8,15,17-18,21H,3-4,6-7,9-13H2. The molecule has 0 saturated carbocycles. The summed E-state index contributed by atoms with van der Waals surface area (Å²) in [7, 11) is 0. The average Bonchev–Trinajstić information content (AvgIpc) is 2.92. The Kier molecular flexibility index (Phi) is 3.74. The summed E-state index contributed by atoms with van der Waals surface area (Å²) in [6.07, 6.45) is 5.83. The number of aliphatic hydroxyl groups excluding tert-OH is 1. The van der Waals surface area contributed by atoms with Crippen LogP contribution in [0, 0.1) is 0 Å². The lowest BCUT2D eigenvalue weighted by Gasteiger charge is -2.43. The molecule has 0 spiro atoms. The van der Waals surface area contributed by atoms with Gasteiger partial charge in [0.25, 0.3) is 0 Å². The largest absolute Gasteiger partial charge is 0.387 e. The van der Waals surface area contributed by atoms with Crippen molar-refractivity contribution in [1.82, 2.24) is 9.80 Å². The zero-order valence-corrected chi connectivity index (χ0v) is 12.7. The molecule has 3 nitrogen and oxygen atoms in total. The van der Waals surface area contributed by atoms with Gasteiger partial charge in [0.1, 0.15) is 0 Å². The normalized spacial score (nSPS) is 34.2. The summed E-state index contributed by atoms with van der Waals surface area (Å²) < 4.78 is 0. The van der Waals surface area contributed by atoms with Crippen molar-refractivity contribution in [2.24, 2.45) is 0 Å². The molecule has 0 aromatic heterocycles. The molecule has 0 bridgehead atoms. The molecule has 2 heterocycles. The van der Waals surface area contributed by atoms with Gasteiger partial charge in [0.2, 0.25) is 0 Å². The van der Waals surface area contributed by atoms with E-state index >= 15 is 0 Å². The van der Waals surface area contributed by atoms with Gasteiger partial charge in [-0.15, -0.1) is 0 Å². The average molecular weight is 286 g/mol. The first-order valence-corrected chi connectivity index (χ1v) is 8.57. The first-order chi connectivity index (χ1) is 10.3. The molecule has 1 aliphatic carbocycles. The summed E-state index contributed by atoms with van der Waals surface area (Å²) >= 11 is 0. The van der Waals surface area contributed by atoms with Gasteiger partial charge in [-0.1, -0.05) is 24.3 Å². The fourth-order valence-electron chi connectivity index (χ4n) is 4.62. The molecule has 3 unspecified atom stereocenters. The number of fused-ring (bicyclic) bond motifs is 2. The zero-order chi connectivity index (χ0) is 14.2. The van der Waals surface area contributed by atoms with Gasteiger partial charge in [-0.2, -0.15) is 0 Å². The second-order valence-electron chi connectivity index (χ2n) is 6.93. The number of aliphatic hydroxyl groups is 1. The molecule has 4 rings (SSSR count). The summed E-state index contributed by atoms with van der Waals surface area (Å²) in [4.78, 5) is 5.23. The Labute approximate surface area is 127 Å². The summed E-state index contributed by atoms with van der Waals surface area (Å²) in [6, 6.07) is 9.54. The highest BCUT2D eigenvalue weighted by Gasteiger charge is 2.37. The van der Waals surface area contributed by atoms with Crippen molar-refractivity contribution < 1.29 is 5.11 Å². The van der Waals surface area contributed by atoms with Gasteiger partial charge in [-0.3, -0.25) is 9.80 Å². The van der Waals surface area contributed by atoms with Gasteiger partial charge in [0.15, 0.2) is 0 Å². The van der Waals surface area contributed by atoms with Crippen LogP contribution < -0.4 is 0 Å². The van der Waals surface area contributed by atoms with Gasteiger partial charge < -0.3 is 5.11 Å². The molecule has 2 fully saturated rings. The van der Waals surface area contributed by atoms with Crippen LogP contribution in [0.5, 0.6) is 0 Å². The third-order valence-corrected chi connectivity index (χ3v) is 5.77. The van der Waals surface area contributed by atoms with Gasteiger partial charge in [-0.05, 0) is 49.8 Å². The quantitative estimate of drug-likeness (QED) is 0.802. The molecule has 21 heavy (non-hydrogen) atoms. The van der Waals surface area contributed by atoms with Crippen molar-refractivity contribution >= 4 is 0 Å². The molecule has 114 valence electrons. The molecule has 2 aliphatic heterocycles. The van der Waals surface area contributed by atoms with Crippen molar-refractivity contribution in [2.75, 3.05) is 26.2 Å². The predicted octanol–water partition coefficient (Wildman–Crippen LogP) is 2.20. The third-order valence-electron chi connectivity index (χ3n) is 5.77. The van der Waals surface area contributed by atoms with Crippen LogP contribution in [0.15, 0.2) is 24.3 Å². The lowest BCUT2D eigenvalue weighted by molar-refractivity contribution is 0.00312.